The zero-order valence-electron chi connectivity index (χ0n) is 23.8. The number of carbonyl (C=O) groups is 1. The summed E-state index contributed by atoms with van der Waals surface area (Å²) in [5, 5.41) is 0. The average Bonchev–Trinajstić information content (AvgIpc) is 2.98. The number of methoxy groups -OCH3 is 1. The number of nitrogens with zero attached hydrogens (tertiary/aromatic N) is 3. The Bertz CT molecular complexity index is 954. The number of fused-ring (bicyclic) bond motifs is 3. The zero-order valence-corrected chi connectivity index (χ0v) is 23.8. The number of likely N-dealkylation sites (tertiary alicyclic amines) is 1. The molecule has 0 aromatic heterocycles. The fraction of sp³-hybridized carbons (Fsp3) is 0.606. The molecule has 0 N–H and O–H groups in total. The lowest BCUT2D eigenvalue weighted by Gasteiger charge is -2.44. The second kappa shape index (κ2) is 14.4. The van der Waals surface area contributed by atoms with Crippen molar-refractivity contribution >= 4 is 5.97 Å². The number of carbonyl (C=O) groups excluding carboxylic acids is 1. The third-order valence-electron chi connectivity index (χ3n) is 9.07. The fourth-order valence-corrected chi connectivity index (χ4v) is 6.80. The van der Waals surface area contributed by atoms with Crippen LogP contribution in [0.2, 0.25) is 0 Å². The number of rotatable bonds is 13. The van der Waals surface area contributed by atoms with Gasteiger partial charge in [0.2, 0.25) is 0 Å². The normalized spacial score (nSPS) is 27.1. The second-order valence-electron chi connectivity index (χ2n) is 11.8. The minimum atomic E-state index is 0.00550. The van der Waals surface area contributed by atoms with Gasteiger partial charge in [0.1, 0.15) is 6.10 Å². The maximum atomic E-state index is 12.4. The minimum absolute atomic E-state index is 0.00550. The summed E-state index contributed by atoms with van der Waals surface area (Å²) in [5.74, 6) is 0.595. The SMILES string of the molecule is COC1CN(CCCCCC(=O)OC2CN3CCC2CC3)CCC1N(Cc1ccccc1)Cc1ccccc1. The Kier molecular flexibility index (Phi) is 10.4. The second-order valence-corrected chi connectivity index (χ2v) is 11.8. The highest BCUT2D eigenvalue weighted by atomic mass is 16.5. The van der Waals surface area contributed by atoms with Crippen LogP contribution in [0.15, 0.2) is 60.7 Å². The molecule has 6 nitrogen and oxygen atoms in total. The molecule has 2 aromatic rings. The topological polar surface area (TPSA) is 45.2 Å². The van der Waals surface area contributed by atoms with Gasteiger partial charge in [-0.2, -0.15) is 0 Å². The molecule has 4 saturated heterocycles. The smallest absolute Gasteiger partial charge is 0.306 e. The van der Waals surface area contributed by atoms with Gasteiger partial charge in [0, 0.05) is 45.8 Å². The van der Waals surface area contributed by atoms with Crippen molar-refractivity contribution in [2.75, 3.05) is 46.4 Å². The average molecular weight is 534 g/mol. The van der Waals surface area contributed by atoms with Crippen molar-refractivity contribution in [2.45, 2.75) is 76.3 Å². The van der Waals surface area contributed by atoms with Gasteiger partial charge >= 0.3 is 5.97 Å². The summed E-state index contributed by atoms with van der Waals surface area (Å²) in [6, 6.07) is 22.0. The van der Waals surface area contributed by atoms with E-state index in [0.717, 1.165) is 65.0 Å². The van der Waals surface area contributed by atoms with E-state index in [9.17, 15) is 4.79 Å². The van der Waals surface area contributed by atoms with Crippen molar-refractivity contribution in [3.8, 4) is 0 Å². The number of esters is 1. The van der Waals surface area contributed by atoms with E-state index in [4.69, 9.17) is 9.47 Å². The van der Waals surface area contributed by atoms with Crippen molar-refractivity contribution in [3.05, 3.63) is 71.8 Å². The van der Waals surface area contributed by atoms with Crippen LogP contribution in [-0.2, 0) is 27.4 Å². The van der Waals surface area contributed by atoms with Crippen molar-refractivity contribution in [3.63, 3.8) is 0 Å². The molecule has 3 unspecified atom stereocenters. The van der Waals surface area contributed by atoms with Gasteiger partial charge in [-0.3, -0.25) is 14.6 Å². The lowest BCUT2D eigenvalue weighted by molar-refractivity contribution is -0.158. The standard InChI is InChI=1S/C33H47N3O3/c1-38-32-26-34(19-10-4-9-15-33(37)39-31-25-35-20-16-29(31)17-21-35)22-18-30(32)36(23-27-11-5-2-6-12-27)24-28-13-7-3-8-14-28/h2-3,5-8,11-14,29-32H,4,9-10,15-26H2,1H3. The molecule has 2 bridgehead atoms. The van der Waals surface area contributed by atoms with E-state index in [1.54, 1.807) is 0 Å². The Hall–Kier alpha value is -2.25. The van der Waals surface area contributed by atoms with Gasteiger partial charge in [-0.15, -0.1) is 0 Å². The first kappa shape index (κ1) is 28.3. The Balaban J connectivity index is 1.05. The van der Waals surface area contributed by atoms with Crippen LogP contribution in [0.1, 0.15) is 56.1 Å². The zero-order chi connectivity index (χ0) is 26.9. The highest BCUT2D eigenvalue weighted by Crippen LogP contribution is 2.30. The monoisotopic (exact) mass is 533 g/mol. The highest BCUT2D eigenvalue weighted by molar-refractivity contribution is 5.69. The number of ether oxygens (including phenoxy) is 2. The fourth-order valence-electron chi connectivity index (χ4n) is 6.80. The van der Waals surface area contributed by atoms with Gasteiger partial charge in [-0.05, 0) is 75.3 Å². The third kappa shape index (κ3) is 8.14. The summed E-state index contributed by atoms with van der Waals surface area (Å²) in [6.45, 7) is 8.27. The van der Waals surface area contributed by atoms with Crippen LogP contribution in [0.5, 0.6) is 0 Å². The van der Waals surface area contributed by atoms with Crippen LogP contribution < -0.4 is 0 Å². The van der Waals surface area contributed by atoms with Gasteiger partial charge in [0.25, 0.3) is 0 Å². The van der Waals surface area contributed by atoms with Crippen LogP contribution in [0, 0.1) is 5.92 Å². The Morgan fingerprint density at radius 3 is 2.08 bits per heavy atom. The number of unbranched alkanes of at least 4 members (excludes halogenated alkanes) is 2. The first-order valence-corrected chi connectivity index (χ1v) is 15.2. The van der Waals surface area contributed by atoms with E-state index < -0.39 is 0 Å². The summed E-state index contributed by atoms with van der Waals surface area (Å²) in [6.07, 6.45) is 7.46. The maximum absolute atomic E-state index is 12.4. The van der Waals surface area contributed by atoms with E-state index in [-0.39, 0.29) is 18.2 Å². The summed E-state index contributed by atoms with van der Waals surface area (Å²) in [4.78, 5) is 20.0. The predicted molar refractivity (Wildman–Crippen MR) is 155 cm³/mol. The van der Waals surface area contributed by atoms with Gasteiger partial charge < -0.3 is 14.4 Å². The minimum Gasteiger partial charge on any atom is -0.461 e. The molecule has 2 aromatic carbocycles. The molecule has 6 rings (SSSR count). The summed E-state index contributed by atoms with van der Waals surface area (Å²) in [5.41, 5.74) is 2.69. The van der Waals surface area contributed by atoms with Crippen molar-refractivity contribution in [1.29, 1.82) is 0 Å². The first-order valence-electron chi connectivity index (χ1n) is 15.2. The molecule has 4 heterocycles. The molecule has 0 spiro atoms. The third-order valence-corrected chi connectivity index (χ3v) is 9.07. The van der Waals surface area contributed by atoms with Gasteiger partial charge in [0.15, 0.2) is 0 Å². The van der Waals surface area contributed by atoms with Crippen LogP contribution in [-0.4, -0.2) is 85.3 Å². The van der Waals surface area contributed by atoms with Crippen molar-refractivity contribution < 1.29 is 14.3 Å². The van der Waals surface area contributed by atoms with E-state index >= 15 is 0 Å². The Labute approximate surface area is 235 Å². The summed E-state index contributed by atoms with van der Waals surface area (Å²) in [7, 11) is 1.87. The van der Waals surface area contributed by atoms with Gasteiger partial charge in [-0.1, -0.05) is 67.1 Å². The molecular weight excluding hydrogens is 486 g/mol. The van der Waals surface area contributed by atoms with Crippen LogP contribution in [0.4, 0.5) is 0 Å². The molecule has 39 heavy (non-hydrogen) atoms. The number of piperidine rings is 4. The van der Waals surface area contributed by atoms with Crippen LogP contribution in [0.25, 0.3) is 0 Å². The molecule has 212 valence electrons. The van der Waals surface area contributed by atoms with Gasteiger partial charge in [-0.25, -0.2) is 0 Å². The van der Waals surface area contributed by atoms with Crippen LogP contribution >= 0.6 is 0 Å². The molecule has 4 aliphatic heterocycles. The molecule has 0 radical (unpaired) electrons. The molecule has 0 saturated carbocycles. The number of hydrogen-bond donors (Lipinski definition) is 0. The number of hydrogen-bond acceptors (Lipinski definition) is 6. The largest absolute Gasteiger partial charge is 0.461 e. The predicted octanol–water partition coefficient (Wildman–Crippen LogP) is 4.98. The van der Waals surface area contributed by atoms with E-state index in [2.05, 4.69) is 75.4 Å². The van der Waals surface area contributed by atoms with Gasteiger partial charge in [0.05, 0.1) is 6.10 Å². The summed E-state index contributed by atoms with van der Waals surface area (Å²) >= 11 is 0. The molecule has 4 fully saturated rings. The quantitative estimate of drug-likeness (QED) is 0.267. The van der Waals surface area contributed by atoms with E-state index in [1.165, 1.54) is 37.1 Å². The Morgan fingerprint density at radius 2 is 1.49 bits per heavy atom. The Morgan fingerprint density at radius 1 is 0.821 bits per heavy atom. The van der Waals surface area contributed by atoms with Crippen molar-refractivity contribution in [2.24, 2.45) is 5.92 Å². The lowest BCUT2D eigenvalue weighted by Crippen LogP contribution is -2.54. The number of benzene rings is 2. The summed E-state index contributed by atoms with van der Waals surface area (Å²) < 4.78 is 12.0. The first-order chi connectivity index (χ1) is 19.2. The maximum Gasteiger partial charge on any atom is 0.306 e. The van der Waals surface area contributed by atoms with Crippen LogP contribution in [0.3, 0.4) is 0 Å². The van der Waals surface area contributed by atoms with E-state index in [0.29, 0.717) is 18.4 Å². The van der Waals surface area contributed by atoms with E-state index in [1.807, 2.05) is 7.11 Å². The molecule has 3 atom stereocenters. The molecule has 0 amide bonds. The molecular formula is C33H47N3O3. The molecule has 6 heteroatoms. The molecule has 4 aliphatic rings. The highest BCUT2D eigenvalue weighted by Gasteiger charge is 2.36. The molecule has 0 aliphatic carbocycles. The lowest BCUT2D eigenvalue weighted by atomic mass is 9.86. The van der Waals surface area contributed by atoms with Crippen molar-refractivity contribution in [1.82, 2.24) is 14.7 Å².